The zero-order valence-electron chi connectivity index (χ0n) is 8.33. The smallest absolute Gasteiger partial charge is 0.179 e. The third kappa shape index (κ3) is 2.38. The molecule has 0 aromatic rings. The van der Waals surface area contributed by atoms with Crippen LogP contribution in [0.1, 0.15) is 34.1 Å². The van der Waals surface area contributed by atoms with Crippen molar-refractivity contribution in [3.05, 3.63) is 0 Å². The van der Waals surface area contributed by atoms with E-state index in [1.807, 2.05) is 27.7 Å². The van der Waals surface area contributed by atoms with Crippen LogP contribution in [0.5, 0.6) is 0 Å². The highest BCUT2D eigenvalue weighted by Crippen LogP contribution is 2.27. The SMILES string of the molecule is CC.CC1(C)CC(O)CN1C#N. The molecule has 0 radical (unpaired) electrons. The van der Waals surface area contributed by atoms with Crippen LogP contribution in [-0.4, -0.2) is 28.2 Å². The van der Waals surface area contributed by atoms with Gasteiger partial charge in [0.25, 0.3) is 0 Å². The molecule has 0 aromatic heterocycles. The summed E-state index contributed by atoms with van der Waals surface area (Å²) in [5.41, 5.74) is -0.145. The van der Waals surface area contributed by atoms with Gasteiger partial charge in [-0.3, -0.25) is 0 Å². The first kappa shape index (κ1) is 11.2. The highest BCUT2D eigenvalue weighted by Gasteiger charge is 2.36. The maximum Gasteiger partial charge on any atom is 0.179 e. The fourth-order valence-electron chi connectivity index (χ4n) is 1.39. The molecule has 0 aromatic carbocycles. The van der Waals surface area contributed by atoms with Gasteiger partial charge >= 0.3 is 0 Å². The second-order valence-corrected chi connectivity index (χ2v) is 3.38. The summed E-state index contributed by atoms with van der Waals surface area (Å²) in [6.07, 6.45) is 2.43. The molecule has 70 valence electrons. The molecule has 1 fully saturated rings. The molecule has 1 atom stereocenters. The van der Waals surface area contributed by atoms with E-state index in [-0.39, 0.29) is 11.6 Å². The summed E-state index contributed by atoms with van der Waals surface area (Å²) in [7, 11) is 0. The Morgan fingerprint density at radius 3 is 2.17 bits per heavy atom. The third-order valence-electron chi connectivity index (χ3n) is 1.98. The number of β-amino-alcohol motifs (C(OH)–C–C–N with tert-alkyl or cyclic N) is 1. The van der Waals surface area contributed by atoms with Crippen molar-refractivity contribution in [1.29, 1.82) is 5.26 Å². The third-order valence-corrected chi connectivity index (χ3v) is 1.98. The maximum atomic E-state index is 9.17. The van der Waals surface area contributed by atoms with Gasteiger partial charge in [0.2, 0.25) is 0 Å². The van der Waals surface area contributed by atoms with Crippen LogP contribution in [0.4, 0.5) is 0 Å². The zero-order chi connectivity index (χ0) is 9.78. The number of hydrogen-bond donors (Lipinski definition) is 1. The van der Waals surface area contributed by atoms with E-state index in [1.54, 1.807) is 4.90 Å². The predicted molar refractivity (Wildman–Crippen MR) is 48.4 cm³/mol. The number of hydrogen-bond acceptors (Lipinski definition) is 3. The molecule has 0 aliphatic carbocycles. The lowest BCUT2D eigenvalue weighted by atomic mass is 10.0. The molecule has 1 N–H and O–H groups in total. The Morgan fingerprint density at radius 2 is 2.00 bits per heavy atom. The van der Waals surface area contributed by atoms with Crippen LogP contribution in [0.25, 0.3) is 0 Å². The molecule has 3 heteroatoms. The van der Waals surface area contributed by atoms with Gasteiger partial charge in [0.1, 0.15) is 0 Å². The Bertz CT molecular complexity index is 172. The molecule has 1 aliphatic heterocycles. The monoisotopic (exact) mass is 170 g/mol. The average Bonchev–Trinajstić information content (AvgIpc) is 2.27. The van der Waals surface area contributed by atoms with E-state index >= 15 is 0 Å². The van der Waals surface area contributed by atoms with Gasteiger partial charge in [0.05, 0.1) is 12.6 Å². The van der Waals surface area contributed by atoms with Crippen LogP contribution < -0.4 is 0 Å². The van der Waals surface area contributed by atoms with Gasteiger partial charge in [0.15, 0.2) is 6.19 Å². The number of likely N-dealkylation sites (tertiary alicyclic amines) is 1. The summed E-state index contributed by atoms with van der Waals surface area (Å²) in [4.78, 5) is 1.62. The molecule has 12 heavy (non-hydrogen) atoms. The number of nitrogens with zero attached hydrogens (tertiary/aromatic N) is 2. The van der Waals surface area contributed by atoms with Gasteiger partial charge in [-0.15, -0.1) is 0 Å². The standard InChI is InChI=1S/C7H12N2O.C2H6/c1-7(2)3-6(10)4-9(7)5-8;1-2/h6,10H,3-4H2,1-2H3;1-2H3. The van der Waals surface area contributed by atoms with Gasteiger partial charge in [0, 0.05) is 5.54 Å². The topological polar surface area (TPSA) is 47.3 Å². The van der Waals surface area contributed by atoms with Crippen molar-refractivity contribution in [2.75, 3.05) is 6.54 Å². The van der Waals surface area contributed by atoms with Gasteiger partial charge < -0.3 is 10.0 Å². The van der Waals surface area contributed by atoms with E-state index in [4.69, 9.17) is 5.26 Å². The summed E-state index contributed by atoms with van der Waals surface area (Å²) >= 11 is 0. The van der Waals surface area contributed by atoms with Crippen LogP contribution >= 0.6 is 0 Å². The molecule has 1 unspecified atom stereocenters. The minimum atomic E-state index is -0.324. The molecule has 1 heterocycles. The van der Waals surface area contributed by atoms with Crippen molar-refractivity contribution >= 4 is 0 Å². The van der Waals surface area contributed by atoms with Crippen LogP contribution in [-0.2, 0) is 0 Å². The van der Waals surface area contributed by atoms with Crippen LogP contribution in [0.2, 0.25) is 0 Å². The lowest BCUT2D eigenvalue weighted by Gasteiger charge is -2.24. The minimum absolute atomic E-state index is 0.145. The molecule has 0 spiro atoms. The van der Waals surface area contributed by atoms with E-state index in [0.717, 1.165) is 0 Å². The molecule has 0 saturated carbocycles. The van der Waals surface area contributed by atoms with Gasteiger partial charge in [-0.25, -0.2) is 0 Å². The lowest BCUT2D eigenvalue weighted by Crippen LogP contribution is -2.33. The average molecular weight is 170 g/mol. The summed E-state index contributed by atoms with van der Waals surface area (Å²) in [5, 5.41) is 17.8. The second-order valence-electron chi connectivity index (χ2n) is 3.38. The van der Waals surface area contributed by atoms with Crippen molar-refractivity contribution in [3.8, 4) is 6.19 Å². The second kappa shape index (κ2) is 4.32. The first-order valence-electron chi connectivity index (χ1n) is 4.42. The Morgan fingerprint density at radius 1 is 1.50 bits per heavy atom. The molecule has 0 bridgehead atoms. The van der Waals surface area contributed by atoms with Crippen molar-refractivity contribution < 1.29 is 5.11 Å². The highest BCUT2D eigenvalue weighted by atomic mass is 16.3. The minimum Gasteiger partial charge on any atom is -0.391 e. The summed E-state index contributed by atoms with van der Waals surface area (Å²) in [5.74, 6) is 0. The quantitative estimate of drug-likeness (QED) is 0.558. The van der Waals surface area contributed by atoms with Gasteiger partial charge in [-0.05, 0) is 20.3 Å². The molecule has 1 saturated heterocycles. The lowest BCUT2D eigenvalue weighted by molar-refractivity contribution is 0.186. The van der Waals surface area contributed by atoms with E-state index in [1.165, 1.54) is 0 Å². The molecular weight excluding hydrogens is 152 g/mol. The highest BCUT2D eigenvalue weighted by molar-refractivity contribution is 4.98. The number of aliphatic hydroxyl groups is 1. The number of nitriles is 1. The van der Waals surface area contributed by atoms with Gasteiger partial charge in [-0.1, -0.05) is 13.8 Å². The van der Waals surface area contributed by atoms with Crippen molar-refractivity contribution in [1.82, 2.24) is 4.90 Å². The normalized spacial score (nSPS) is 25.7. The fourth-order valence-corrected chi connectivity index (χ4v) is 1.39. The van der Waals surface area contributed by atoms with E-state index < -0.39 is 0 Å². The van der Waals surface area contributed by atoms with E-state index in [0.29, 0.717) is 13.0 Å². The predicted octanol–water partition coefficient (Wildman–Crippen LogP) is 1.34. The fraction of sp³-hybridized carbons (Fsp3) is 0.889. The first-order valence-corrected chi connectivity index (χ1v) is 4.42. The van der Waals surface area contributed by atoms with Crippen LogP contribution in [0, 0.1) is 11.5 Å². The number of aliphatic hydroxyl groups excluding tert-OH is 1. The molecule has 1 rings (SSSR count). The molecule has 0 amide bonds. The van der Waals surface area contributed by atoms with E-state index in [2.05, 4.69) is 6.19 Å². The molecular formula is C9H18N2O. The Kier molecular flexibility index (Phi) is 4.05. The van der Waals surface area contributed by atoms with Crippen LogP contribution in [0.3, 0.4) is 0 Å². The number of rotatable bonds is 0. The summed E-state index contributed by atoms with van der Waals surface area (Å²) in [6.45, 7) is 8.42. The van der Waals surface area contributed by atoms with E-state index in [9.17, 15) is 5.11 Å². The van der Waals surface area contributed by atoms with Crippen molar-refractivity contribution in [3.63, 3.8) is 0 Å². The zero-order valence-corrected chi connectivity index (χ0v) is 8.33. The Labute approximate surface area is 74.6 Å². The summed E-state index contributed by atoms with van der Waals surface area (Å²) in [6, 6.07) is 0. The molecule has 3 nitrogen and oxygen atoms in total. The first-order chi connectivity index (χ1) is 5.56. The molecule has 1 aliphatic rings. The Hall–Kier alpha value is -0.750. The summed E-state index contributed by atoms with van der Waals surface area (Å²) < 4.78 is 0. The maximum absolute atomic E-state index is 9.17. The van der Waals surface area contributed by atoms with Gasteiger partial charge in [-0.2, -0.15) is 5.26 Å². The van der Waals surface area contributed by atoms with Crippen LogP contribution in [0.15, 0.2) is 0 Å². The van der Waals surface area contributed by atoms with Crippen molar-refractivity contribution in [2.45, 2.75) is 45.8 Å². The largest absolute Gasteiger partial charge is 0.391 e. The Balaban J connectivity index is 0.000000561. The van der Waals surface area contributed by atoms with Crippen molar-refractivity contribution in [2.24, 2.45) is 0 Å².